The first kappa shape index (κ1) is 19.5. The molecule has 2 aliphatic rings. The molecule has 0 spiro atoms. The Morgan fingerprint density at radius 3 is 2.72 bits per heavy atom. The molecule has 1 aromatic heterocycles. The molecule has 1 amide bonds. The second kappa shape index (κ2) is 8.69. The maximum absolute atomic E-state index is 12.4. The Bertz CT molecular complexity index is 865. The smallest absolute Gasteiger partial charge is 0.253 e. The van der Waals surface area contributed by atoms with Gasteiger partial charge >= 0.3 is 0 Å². The van der Waals surface area contributed by atoms with Crippen LogP contribution in [0.1, 0.15) is 36.2 Å². The van der Waals surface area contributed by atoms with Crippen LogP contribution in [0.5, 0.6) is 11.5 Å². The summed E-state index contributed by atoms with van der Waals surface area (Å²) < 4.78 is 10.9. The molecule has 1 N–H and O–H groups in total. The summed E-state index contributed by atoms with van der Waals surface area (Å²) in [7, 11) is 0. The van der Waals surface area contributed by atoms with Crippen molar-refractivity contribution in [3.05, 3.63) is 47.8 Å². The highest BCUT2D eigenvalue weighted by molar-refractivity contribution is 5.94. The normalized spacial score (nSPS) is 17.2. The molecule has 3 heterocycles. The van der Waals surface area contributed by atoms with Gasteiger partial charge in [-0.05, 0) is 37.1 Å². The van der Waals surface area contributed by atoms with Crippen molar-refractivity contribution in [1.29, 1.82) is 0 Å². The Kier molecular flexibility index (Phi) is 5.85. The number of carbonyl (C=O) groups is 1. The van der Waals surface area contributed by atoms with Gasteiger partial charge in [-0.25, -0.2) is 0 Å². The van der Waals surface area contributed by atoms with E-state index in [1.807, 2.05) is 25.3 Å². The summed E-state index contributed by atoms with van der Waals surface area (Å²) in [6.45, 7) is 8.98. The summed E-state index contributed by atoms with van der Waals surface area (Å²) in [6, 6.07) is 8.25. The molecule has 1 fully saturated rings. The fourth-order valence-electron chi connectivity index (χ4n) is 3.60. The van der Waals surface area contributed by atoms with Gasteiger partial charge in [0.1, 0.15) is 0 Å². The van der Waals surface area contributed by atoms with Crippen LogP contribution in [0.2, 0.25) is 0 Å². The van der Waals surface area contributed by atoms with Crippen LogP contribution in [0.3, 0.4) is 0 Å². The third-order valence-electron chi connectivity index (χ3n) is 5.56. The minimum Gasteiger partial charge on any atom is -0.454 e. The second-order valence-corrected chi connectivity index (χ2v) is 7.67. The molecule has 1 unspecified atom stereocenters. The molecule has 2 aromatic rings. The number of anilines is 1. The van der Waals surface area contributed by atoms with Gasteiger partial charge < -0.3 is 19.7 Å². The molecule has 29 heavy (non-hydrogen) atoms. The number of aromatic nitrogens is 1. The van der Waals surface area contributed by atoms with Gasteiger partial charge in [-0.2, -0.15) is 0 Å². The number of nitrogens with one attached hydrogen (secondary N) is 1. The number of carbonyl (C=O) groups excluding carboxylic acids is 1. The zero-order valence-corrected chi connectivity index (χ0v) is 17.1. The molecule has 0 aliphatic carbocycles. The van der Waals surface area contributed by atoms with Crippen molar-refractivity contribution < 1.29 is 14.3 Å². The van der Waals surface area contributed by atoms with Gasteiger partial charge in [0.15, 0.2) is 11.5 Å². The summed E-state index contributed by atoms with van der Waals surface area (Å²) in [4.78, 5) is 21.4. The molecule has 1 atom stereocenters. The maximum atomic E-state index is 12.4. The number of piperazine rings is 1. The van der Waals surface area contributed by atoms with Gasteiger partial charge in [0.2, 0.25) is 6.79 Å². The van der Waals surface area contributed by atoms with Crippen LogP contribution >= 0.6 is 0 Å². The van der Waals surface area contributed by atoms with E-state index in [4.69, 9.17) is 9.47 Å². The van der Waals surface area contributed by atoms with Crippen molar-refractivity contribution >= 4 is 11.6 Å². The van der Waals surface area contributed by atoms with E-state index in [2.05, 4.69) is 39.2 Å². The Labute approximate surface area is 171 Å². The number of nitrogens with zero attached hydrogens (tertiary/aromatic N) is 3. The molecule has 154 valence electrons. The maximum Gasteiger partial charge on any atom is 0.253 e. The van der Waals surface area contributed by atoms with E-state index in [1.165, 1.54) is 5.56 Å². The number of hydrogen-bond acceptors (Lipinski definition) is 6. The largest absolute Gasteiger partial charge is 0.454 e. The molecule has 0 radical (unpaired) electrons. The highest BCUT2D eigenvalue weighted by Crippen LogP contribution is 2.33. The highest BCUT2D eigenvalue weighted by Gasteiger charge is 2.20. The van der Waals surface area contributed by atoms with Crippen molar-refractivity contribution in [2.45, 2.75) is 32.9 Å². The lowest BCUT2D eigenvalue weighted by atomic mass is 10.1. The molecule has 1 aromatic carbocycles. The molecular formula is C22H28N4O3. The molecule has 1 saturated heterocycles. The van der Waals surface area contributed by atoms with E-state index in [0.29, 0.717) is 12.4 Å². The fourth-order valence-corrected chi connectivity index (χ4v) is 3.60. The number of benzene rings is 1. The Morgan fingerprint density at radius 2 is 1.93 bits per heavy atom. The summed E-state index contributed by atoms with van der Waals surface area (Å²) in [5, 5.41) is 3.00. The van der Waals surface area contributed by atoms with Crippen LogP contribution in [0.25, 0.3) is 0 Å². The van der Waals surface area contributed by atoms with Gasteiger partial charge in [0.25, 0.3) is 5.91 Å². The number of ether oxygens (including phenoxy) is 2. The quantitative estimate of drug-likeness (QED) is 0.810. The number of fused-ring (bicyclic) bond motifs is 1. The first-order valence-corrected chi connectivity index (χ1v) is 10.2. The van der Waals surface area contributed by atoms with Gasteiger partial charge in [-0.3, -0.25) is 14.7 Å². The van der Waals surface area contributed by atoms with Crippen LogP contribution < -0.4 is 19.7 Å². The number of rotatable bonds is 6. The van der Waals surface area contributed by atoms with E-state index < -0.39 is 0 Å². The Hall–Kier alpha value is -2.80. The van der Waals surface area contributed by atoms with Gasteiger partial charge in [-0.15, -0.1) is 0 Å². The average Bonchev–Trinajstić information content (AvgIpc) is 3.22. The van der Waals surface area contributed by atoms with E-state index in [-0.39, 0.29) is 11.9 Å². The second-order valence-electron chi connectivity index (χ2n) is 7.67. The fraction of sp³-hybridized carbons (Fsp3) is 0.455. The van der Waals surface area contributed by atoms with Gasteiger partial charge in [0, 0.05) is 45.0 Å². The Morgan fingerprint density at radius 1 is 1.14 bits per heavy atom. The van der Waals surface area contributed by atoms with Crippen LogP contribution in [0.15, 0.2) is 36.7 Å². The first-order valence-electron chi connectivity index (χ1n) is 10.2. The standard InChI is InChI=1S/C22H28N4O3/c1-3-16(2)24-22(27)18-11-19(13-23-12-18)26-8-6-25(7-9-26)14-17-4-5-20-21(10-17)29-15-28-20/h4-5,10-13,16H,3,6-9,14-15H2,1-2H3,(H,24,27). The molecule has 2 aliphatic heterocycles. The Balaban J connectivity index is 1.33. The summed E-state index contributed by atoms with van der Waals surface area (Å²) in [5.41, 5.74) is 2.85. The van der Waals surface area contributed by atoms with Crippen LogP contribution in [0, 0.1) is 0 Å². The molecule has 0 bridgehead atoms. The molecular weight excluding hydrogens is 368 g/mol. The van der Waals surface area contributed by atoms with E-state index in [9.17, 15) is 4.79 Å². The van der Waals surface area contributed by atoms with Gasteiger partial charge in [-0.1, -0.05) is 13.0 Å². The highest BCUT2D eigenvalue weighted by atomic mass is 16.7. The number of hydrogen-bond donors (Lipinski definition) is 1. The topological polar surface area (TPSA) is 66.9 Å². The summed E-state index contributed by atoms with van der Waals surface area (Å²) in [5.74, 6) is 1.60. The van der Waals surface area contributed by atoms with E-state index in [0.717, 1.165) is 56.3 Å². The van der Waals surface area contributed by atoms with Crippen LogP contribution in [0.4, 0.5) is 5.69 Å². The first-order chi connectivity index (χ1) is 14.1. The monoisotopic (exact) mass is 396 g/mol. The van der Waals surface area contributed by atoms with Crippen LogP contribution in [-0.4, -0.2) is 54.8 Å². The van der Waals surface area contributed by atoms with Crippen molar-refractivity contribution in [3.63, 3.8) is 0 Å². The SMILES string of the molecule is CCC(C)NC(=O)c1cncc(N2CCN(Cc3ccc4c(c3)OCO4)CC2)c1. The van der Waals surface area contributed by atoms with E-state index in [1.54, 1.807) is 6.20 Å². The van der Waals surface area contributed by atoms with E-state index >= 15 is 0 Å². The predicted molar refractivity (Wildman–Crippen MR) is 112 cm³/mol. The van der Waals surface area contributed by atoms with Crippen molar-refractivity contribution in [3.8, 4) is 11.5 Å². The lowest BCUT2D eigenvalue weighted by Gasteiger charge is -2.36. The predicted octanol–water partition coefficient (Wildman–Crippen LogP) is 2.66. The molecule has 4 rings (SSSR count). The van der Waals surface area contributed by atoms with Crippen molar-refractivity contribution in [2.24, 2.45) is 0 Å². The molecule has 7 heteroatoms. The van der Waals surface area contributed by atoms with Crippen molar-refractivity contribution in [1.82, 2.24) is 15.2 Å². The van der Waals surface area contributed by atoms with Crippen LogP contribution in [-0.2, 0) is 6.54 Å². The zero-order valence-electron chi connectivity index (χ0n) is 17.1. The number of amides is 1. The third kappa shape index (κ3) is 4.62. The lowest BCUT2D eigenvalue weighted by molar-refractivity contribution is 0.0939. The average molecular weight is 396 g/mol. The van der Waals surface area contributed by atoms with Crippen molar-refractivity contribution in [2.75, 3.05) is 37.9 Å². The zero-order chi connectivity index (χ0) is 20.2. The molecule has 0 saturated carbocycles. The summed E-state index contributed by atoms with van der Waals surface area (Å²) in [6.07, 6.45) is 4.38. The minimum absolute atomic E-state index is 0.0601. The lowest BCUT2D eigenvalue weighted by Crippen LogP contribution is -2.46. The number of pyridine rings is 1. The van der Waals surface area contributed by atoms with Gasteiger partial charge in [0.05, 0.1) is 17.4 Å². The molecule has 7 nitrogen and oxygen atoms in total. The minimum atomic E-state index is -0.0601. The summed E-state index contributed by atoms with van der Waals surface area (Å²) >= 11 is 0. The third-order valence-corrected chi connectivity index (χ3v) is 5.56.